The molecule has 0 unspecified atom stereocenters. The van der Waals surface area contributed by atoms with Crippen molar-refractivity contribution >= 4 is 28.4 Å². The molecule has 1 aliphatic heterocycles. The van der Waals surface area contributed by atoms with Crippen molar-refractivity contribution in [2.24, 2.45) is 0 Å². The number of rotatable bonds is 5. The van der Waals surface area contributed by atoms with E-state index in [-0.39, 0.29) is 6.61 Å². The van der Waals surface area contributed by atoms with Crippen LogP contribution in [0.15, 0.2) is 54.9 Å². The zero-order valence-corrected chi connectivity index (χ0v) is 17.9. The molecule has 0 amide bonds. The third-order valence-electron chi connectivity index (χ3n) is 5.58. The highest BCUT2D eigenvalue weighted by atomic mass is 16.3. The third-order valence-corrected chi connectivity index (χ3v) is 5.58. The molecule has 0 radical (unpaired) electrons. The predicted octanol–water partition coefficient (Wildman–Crippen LogP) is 3.04. The van der Waals surface area contributed by atoms with E-state index < -0.39 is 0 Å². The van der Waals surface area contributed by atoms with E-state index in [1.165, 1.54) is 5.56 Å². The van der Waals surface area contributed by atoms with Crippen molar-refractivity contribution in [1.29, 1.82) is 0 Å². The summed E-state index contributed by atoms with van der Waals surface area (Å²) >= 11 is 0. The van der Waals surface area contributed by atoms with Gasteiger partial charge in [-0.1, -0.05) is 29.8 Å². The molecular weight excluding hydrogens is 402 g/mol. The summed E-state index contributed by atoms with van der Waals surface area (Å²) in [4.78, 5) is 20.7. The molecule has 3 N–H and O–H groups in total. The molecule has 1 saturated heterocycles. The molecule has 0 aliphatic carbocycles. The largest absolute Gasteiger partial charge is 0.390 e. The van der Waals surface area contributed by atoms with Gasteiger partial charge in [-0.15, -0.1) is 0 Å². The minimum absolute atomic E-state index is 0.141. The fraction of sp³-hybridized carbons (Fsp3) is 0.250. The van der Waals surface area contributed by atoms with Crippen molar-refractivity contribution in [3.05, 3.63) is 66.1 Å². The van der Waals surface area contributed by atoms with E-state index in [9.17, 15) is 5.11 Å². The normalized spacial score (nSPS) is 14.0. The van der Waals surface area contributed by atoms with E-state index in [0.717, 1.165) is 54.0 Å². The van der Waals surface area contributed by atoms with Gasteiger partial charge in [0, 0.05) is 43.3 Å². The lowest BCUT2D eigenvalue weighted by Gasteiger charge is -2.29. The molecule has 0 bridgehead atoms. The Kier molecular flexibility index (Phi) is 5.62. The molecule has 8 nitrogen and oxygen atoms in total. The lowest BCUT2D eigenvalue weighted by molar-refractivity contribution is 0.277. The molecular formula is C24H25N7O. The van der Waals surface area contributed by atoms with Crippen LogP contribution in [-0.2, 0) is 6.61 Å². The average Bonchev–Trinajstić information content (AvgIpc) is 2.85. The van der Waals surface area contributed by atoms with Crippen LogP contribution in [0.2, 0.25) is 0 Å². The number of aliphatic hydroxyl groups excluding tert-OH is 1. The summed E-state index contributed by atoms with van der Waals surface area (Å²) in [6, 6.07) is 13.9. The van der Waals surface area contributed by atoms with Crippen LogP contribution in [0.25, 0.3) is 22.2 Å². The van der Waals surface area contributed by atoms with Gasteiger partial charge in [-0.2, -0.15) is 0 Å². The monoisotopic (exact) mass is 427 g/mol. The summed E-state index contributed by atoms with van der Waals surface area (Å²) in [5, 5.41) is 17.0. The van der Waals surface area contributed by atoms with Crippen molar-refractivity contribution in [2.45, 2.75) is 13.5 Å². The average molecular weight is 428 g/mol. The van der Waals surface area contributed by atoms with Crippen LogP contribution in [0.3, 0.4) is 0 Å². The number of benzene rings is 1. The number of anilines is 3. The first-order chi connectivity index (χ1) is 15.7. The fourth-order valence-electron chi connectivity index (χ4n) is 3.83. The van der Waals surface area contributed by atoms with Crippen molar-refractivity contribution in [3.8, 4) is 11.3 Å². The minimum Gasteiger partial charge on any atom is -0.390 e. The van der Waals surface area contributed by atoms with Crippen LogP contribution in [0.4, 0.5) is 17.5 Å². The van der Waals surface area contributed by atoms with Gasteiger partial charge in [0.1, 0.15) is 11.3 Å². The Labute approximate surface area is 186 Å². The van der Waals surface area contributed by atoms with Crippen LogP contribution in [0, 0.1) is 6.92 Å². The highest BCUT2D eigenvalue weighted by molar-refractivity contribution is 5.92. The first-order valence-electron chi connectivity index (χ1n) is 10.7. The minimum atomic E-state index is -0.141. The number of pyridine rings is 2. The number of aromatic nitrogens is 4. The molecule has 4 heterocycles. The number of aliphatic hydroxyl groups is 1. The van der Waals surface area contributed by atoms with Gasteiger partial charge in [-0.25, -0.2) is 19.9 Å². The molecule has 0 atom stereocenters. The highest BCUT2D eigenvalue weighted by Gasteiger charge is 2.13. The molecule has 1 fully saturated rings. The topological polar surface area (TPSA) is 99.1 Å². The first-order valence-corrected chi connectivity index (χ1v) is 10.7. The number of piperazine rings is 1. The second kappa shape index (κ2) is 8.86. The van der Waals surface area contributed by atoms with Crippen LogP contribution in [-0.4, -0.2) is 51.2 Å². The smallest absolute Gasteiger partial charge is 0.228 e. The molecule has 32 heavy (non-hydrogen) atoms. The van der Waals surface area contributed by atoms with Gasteiger partial charge in [-0.3, -0.25) is 0 Å². The molecule has 0 spiro atoms. The van der Waals surface area contributed by atoms with Gasteiger partial charge in [0.25, 0.3) is 0 Å². The van der Waals surface area contributed by atoms with Crippen molar-refractivity contribution in [1.82, 2.24) is 25.3 Å². The van der Waals surface area contributed by atoms with Gasteiger partial charge in [-0.05, 0) is 25.1 Å². The van der Waals surface area contributed by atoms with Gasteiger partial charge < -0.3 is 20.6 Å². The highest BCUT2D eigenvalue weighted by Crippen LogP contribution is 2.28. The summed E-state index contributed by atoms with van der Waals surface area (Å²) in [6.45, 7) is 5.84. The Morgan fingerprint density at radius 2 is 1.81 bits per heavy atom. The second-order valence-electron chi connectivity index (χ2n) is 7.88. The molecule has 8 heteroatoms. The fourth-order valence-corrected chi connectivity index (χ4v) is 3.83. The number of aryl methyl sites for hydroxylation is 1. The standard InChI is InChI=1S/C24H25N7O/c1-16-2-4-17(5-3-16)22-23-18(12-19(15-32)28-22)13-27-24(30-23)29-21-7-6-20(14-26-21)31-10-8-25-9-11-31/h2-7,12-14,25,32H,8-11,15H2,1H3,(H,26,27,29,30). The van der Waals surface area contributed by atoms with E-state index in [4.69, 9.17) is 4.98 Å². The molecule has 4 aromatic rings. The number of fused-ring (bicyclic) bond motifs is 1. The van der Waals surface area contributed by atoms with Crippen LogP contribution < -0.4 is 15.5 Å². The van der Waals surface area contributed by atoms with E-state index in [0.29, 0.717) is 17.5 Å². The van der Waals surface area contributed by atoms with Crippen molar-refractivity contribution < 1.29 is 5.11 Å². The van der Waals surface area contributed by atoms with E-state index in [1.54, 1.807) is 6.20 Å². The zero-order chi connectivity index (χ0) is 21.9. The number of hydrogen-bond acceptors (Lipinski definition) is 8. The Bertz CT molecular complexity index is 1220. The summed E-state index contributed by atoms with van der Waals surface area (Å²) in [5.74, 6) is 1.13. The maximum atomic E-state index is 9.65. The van der Waals surface area contributed by atoms with Gasteiger partial charge >= 0.3 is 0 Å². The Morgan fingerprint density at radius 1 is 1.00 bits per heavy atom. The van der Waals surface area contributed by atoms with E-state index >= 15 is 0 Å². The summed E-state index contributed by atoms with van der Waals surface area (Å²) in [6.07, 6.45) is 3.62. The summed E-state index contributed by atoms with van der Waals surface area (Å²) in [5.41, 5.74) is 5.25. The number of hydrogen-bond donors (Lipinski definition) is 3. The Hall–Kier alpha value is -3.62. The molecule has 5 rings (SSSR count). The lowest BCUT2D eigenvalue weighted by atomic mass is 10.1. The number of nitrogens with zero attached hydrogens (tertiary/aromatic N) is 5. The quantitative estimate of drug-likeness (QED) is 0.447. The second-order valence-corrected chi connectivity index (χ2v) is 7.88. The van der Waals surface area contributed by atoms with Gasteiger partial charge in [0.15, 0.2) is 0 Å². The lowest BCUT2D eigenvalue weighted by Crippen LogP contribution is -2.43. The third kappa shape index (κ3) is 4.23. The van der Waals surface area contributed by atoms with Crippen LogP contribution in [0.5, 0.6) is 0 Å². The van der Waals surface area contributed by atoms with Crippen molar-refractivity contribution in [2.75, 3.05) is 36.4 Å². The van der Waals surface area contributed by atoms with E-state index in [1.807, 2.05) is 49.5 Å². The molecule has 3 aromatic heterocycles. The Balaban J connectivity index is 1.46. The van der Waals surface area contributed by atoms with Crippen molar-refractivity contribution in [3.63, 3.8) is 0 Å². The van der Waals surface area contributed by atoms with E-state index in [2.05, 4.69) is 36.6 Å². The number of nitrogens with one attached hydrogen (secondary N) is 2. The maximum Gasteiger partial charge on any atom is 0.228 e. The maximum absolute atomic E-state index is 9.65. The SMILES string of the molecule is Cc1ccc(-c2nc(CO)cc3cnc(Nc4ccc(N5CCNCC5)cn4)nc23)cc1. The van der Waals surface area contributed by atoms with Gasteiger partial charge in [0.2, 0.25) is 5.95 Å². The first kappa shape index (κ1) is 20.3. The Morgan fingerprint density at radius 3 is 2.53 bits per heavy atom. The molecule has 0 saturated carbocycles. The van der Waals surface area contributed by atoms with Gasteiger partial charge in [0.05, 0.1) is 29.9 Å². The summed E-state index contributed by atoms with van der Waals surface area (Å²) < 4.78 is 0. The molecule has 1 aromatic carbocycles. The molecule has 1 aliphatic rings. The summed E-state index contributed by atoms with van der Waals surface area (Å²) in [7, 11) is 0. The van der Waals surface area contributed by atoms with Crippen LogP contribution >= 0.6 is 0 Å². The van der Waals surface area contributed by atoms with Crippen LogP contribution in [0.1, 0.15) is 11.3 Å². The molecule has 162 valence electrons. The zero-order valence-electron chi connectivity index (χ0n) is 17.9. The predicted molar refractivity (Wildman–Crippen MR) is 126 cm³/mol.